The minimum atomic E-state index is -0.0605. The quantitative estimate of drug-likeness (QED) is 0.788. The molecule has 0 radical (unpaired) electrons. The summed E-state index contributed by atoms with van der Waals surface area (Å²) in [5.41, 5.74) is 6.26. The maximum atomic E-state index is 9.51. The van der Waals surface area contributed by atoms with Gasteiger partial charge >= 0.3 is 0 Å². The maximum Gasteiger partial charge on any atom is 0.0564 e. The molecule has 17 heavy (non-hydrogen) atoms. The lowest BCUT2D eigenvalue weighted by atomic mass is 9.77. The van der Waals surface area contributed by atoms with Crippen LogP contribution in [0.5, 0.6) is 0 Å². The second-order valence-corrected chi connectivity index (χ2v) is 6.04. The molecule has 0 amide bonds. The largest absolute Gasteiger partial charge is 0.393 e. The third-order valence-electron chi connectivity index (χ3n) is 4.78. The van der Waals surface area contributed by atoms with Crippen molar-refractivity contribution in [1.82, 2.24) is 4.90 Å². The fraction of sp³-hybridized carbons (Fsp3) is 1.00. The molecule has 3 N–H and O–H groups in total. The molecule has 1 aliphatic heterocycles. The third kappa shape index (κ3) is 3.67. The monoisotopic (exact) mass is 240 g/mol. The molecule has 3 nitrogen and oxygen atoms in total. The van der Waals surface area contributed by atoms with Crippen LogP contribution in [0, 0.1) is 11.8 Å². The summed E-state index contributed by atoms with van der Waals surface area (Å²) in [6.07, 6.45) is 6.98. The average Bonchev–Trinajstić information content (AvgIpc) is 2.35. The Hall–Kier alpha value is -0.120. The van der Waals surface area contributed by atoms with Gasteiger partial charge in [-0.3, -0.25) is 0 Å². The summed E-state index contributed by atoms with van der Waals surface area (Å²) in [5, 5.41) is 9.51. The number of nitrogens with two attached hydrogens (primary N) is 1. The number of aliphatic hydroxyl groups excluding tert-OH is 1. The Bertz CT molecular complexity index is 226. The molecule has 1 saturated heterocycles. The molecule has 100 valence electrons. The lowest BCUT2D eigenvalue weighted by Gasteiger charge is -2.38. The van der Waals surface area contributed by atoms with Gasteiger partial charge < -0.3 is 15.7 Å². The van der Waals surface area contributed by atoms with Crippen LogP contribution >= 0.6 is 0 Å². The fourth-order valence-corrected chi connectivity index (χ4v) is 3.40. The fourth-order valence-electron chi connectivity index (χ4n) is 3.40. The summed E-state index contributed by atoms with van der Waals surface area (Å²) in [6.45, 7) is 5.57. The van der Waals surface area contributed by atoms with Gasteiger partial charge in [0, 0.05) is 25.7 Å². The van der Waals surface area contributed by atoms with Gasteiger partial charge in [0.2, 0.25) is 0 Å². The summed E-state index contributed by atoms with van der Waals surface area (Å²) in [6, 6.07) is 0.407. The Kier molecular flexibility index (Phi) is 4.83. The topological polar surface area (TPSA) is 49.5 Å². The number of piperidine rings is 1. The molecule has 0 bridgehead atoms. The number of likely N-dealkylation sites (tertiary alicyclic amines) is 1. The Morgan fingerprint density at radius 2 is 1.88 bits per heavy atom. The van der Waals surface area contributed by atoms with Crippen molar-refractivity contribution in [3.8, 4) is 0 Å². The van der Waals surface area contributed by atoms with E-state index in [9.17, 15) is 5.11 Å². The second-order valence-electron chi connectivity index (χ2n) is 6.04. The van der Waals surface area contributed by atoms with E-state index < -0.39 is 0 Å². The molecule has 3 unspecified atom stereocenters. The van der Waals surface area contributed by atoms with Gasteiger partial charge in [0.1, 0.15) is 0 Å². The first-order chi connectivity index (χ1) is 8.19. The summed E-state index contributed by atoms with van der Waals surface area (Å²) in [5.74, 6) is 1.58. The van der Waals surface area contributed by atoms with Crippen LogP contribution in [0.25, 0.3) is 0 Å². The first kappa shape index (κ1) is 13.3. The highest BCUT2D eigenvalue weighted by molar-refractivity contribution is 4.85. The molecule has 0 aromatic carbocycles. The van der Waals surface area contributed by atoms with Crippen LogP contribution in [0.15, 0.2) is 0 Å². The molecule has 0 aromatic heterocycles. The Morgan fingerprint density at radius 3 is 2.53 bits per heavy atom. The van der Waals surface area contributed by atoms with E-state index >= 15 is 0 Å². The maximum absolute atomic E-state index is 9.51. The van der Waals surface area contributed by atoms with Crippen LogP contribution in [0.2, 0.25) is 0 Å². The van der Waals surface area contributed by atoms with Gasteiger partial charge in [-0.1, -0.05) is 13.3 Å². The molecule has 1 aliphatic carbocycles. The number of aliphatic hydroxyl groups is 1. The normalized spacial score (nSPS) is 37.2. The summed E-state index contributed by atoms with van der Waals surface area (Å²) in [7, 11) is 0. The number of hydrogen-bond acceptors (Lipinski definition) is 3. The minimum absolute atomic E-state index is 0.0605. The van der Waals surface area contributed by atoms with Crippen LogP contribution in [0.4, 0.5) is 0 Å². The first-order valence-corrected chi connectivity index (χ1v) is 7.35. The highest BCUT2D eigenvalue weighted by atomic mass is 16.3. The number of hydrogen-bond donors (Lipinski definition) is 2. The van der Waals surface area contributed by atoms with Crippen molar-refractivity contribution in [2.24, 2.45) is 17.6 Å². The van der Waals surface area contributed by atoms with E-state index in [4.69, 9.17) is 5.73 Å². The van der Waals surface area contributed by atoms with Crippen molar-refractivity contribution >= 4 is 0 Å². The summed E-state index contributed by atoms with van der Waals surface area (Å²) < 4.78 is 0. The van der Waals surface area contributed by atoms with Gasteiger partial charge in [-0.05, 0) is 43.9 Å². The van der Waals surface area contributed by atoms with Gasteiger partial charge in [-0.15, -0.1) is 0 Å². The van der Waals surface area contributed by atoms with E-state index in [0.29, 0.717) is 12.0 Å². The number of rotatable bonds is 3. The molecule has 2 rings (SSSR count). The van der Waals surface area contributed by atoms with Crippen LogP contribution in [-0.2, 0) is 0 Å². The molecule has 1 saturated carbocycles. The van der Waals surface area contributed by atoms with Crippen molar-refractivity contribution in [3.05, 3.63) is 0 Å². The lowest BCUT2D eigenvalue weighted by Crippen LogP contribution is -2.45. The van der Waals surface area contributed by atoms with Crippen molar-refractivity contribution < 1.29 is 5.11 Å². The van der Waals surface area contributed by atoms with Crippen LogP contribution in [-0.4, -0.2) is 41.8 Å². The summed E-state index contributed by atoms with van der Waals surface area (Å²) in [4.78, 5) is 2.51. The van der Waals surface area contributed by atoms with Crippen molar-refractivity contribution in [3.63, 3.8) is 0 Å². The molecule has 1 heterocycles. The predicted molar refractivity (Wildman–Crippen MR) is 70.8 cm³/mol. The molecular weight excluding hydrogens is 212 g/mol. The molecule has 0 spiro atoms. The zero-order valence-corrected chi connectivity index (χ0v) is 11.1. The Balaban J connectivity index is 1.80. The Labute approximate surface area is 105 Å². The van der Waals surface area contributed by atoms with E-state index in [1.807, 2.05) is 0 Å². The molecule has 3 heteroatoms. The highest BCUT2D eigenvalue weighted by Crippen LogP contribution is 2.31. The molecule has 3 atom stereocenters. The SMILES string of the molecule is CCC1CCC(N)C(CN2CCC(O)CC2)C1. The van der Waals surface area contributed by atoms with Gasteiger partial charge in [-0.2, -0.15) is 0 Å². The zero-order valence-electron chi connectivity index (χ0n) is 11.1. The van der Waals surface area contributed by atoms with Gasteiger partial charge in [0.25, 0.3) is 0 Å². The van der Waals surface area contributed by atoms with E-state index in [1.165, 1.54) is 25.7 Å². The van der Waals surface area contributed by atoms with Crippen molar-refractivity contribution in [2.45, 2.75) is 57.6 Å². The van der Waals surface area contributed by atoms with Crippen LogP contribution in [0.1, 0.15) is 45.4 Å². The predicted octanol–water partition coefficient (Wildman–Crippen LogP) is 1.60. The lowest BCUT2D eigenvalue weighted by molar-refractivity contribution is 0.0641. The van der Waals surface area contributed by atoms with Crippen molar-refractivity contribution in [1.29, 1.82) is 0 Å². The van der Waals surface area contributed by atoms with Crippen LogP contribution < -0.4 is 5.73 Å². The molecule has 2 aliphatic rings. The minimum Gasteiger partial charge on any atom is -0.393 e. The standard InChI is InChI=1S/C14H28N2O/c1-2-11-3-4-14(15)12(9-11)10-16-7-5-13(17)6-8-16/h11-14,17H,2-10,15H2,1H3. The summed E-state index contributed by atoms with van der Waals surface area (Å²) >= 11 is 0. The third-order valence-corrected chi connectivity index (χ3v) is 4.78. The van der Waals surface area contributed by atoms with Gasteiger partial charge in [0.15, 0.2) is 0 Å². The number of nitrogens with zero attached hydrogens (tertiary/aromatic N) is 1. The second kappa shape index (κ2) is 6.17. The van der Waals surface area contributed by atoms with E-state index in [0.717, 1.165) is 38.4 Å². The van der Waals surface area contributed by atoms with Crippen LogP contribution in [0.3, 0.4) is 0 Å². The van der Waals surface area contributed by atoms with Gasteiger partial charge in [-0.25, -0.2) is 0 Å². The van der Waals surface area contributed by atoms with E-state index in [2.05, 4.69) is 11.8 Å². The Morgan fingerprint density at radius 1 is 1.18 bits per heavy atom. The van der Waals surface area contributed by atoms with Gasteiger partial charge in [0.05, 0.1) is 6.10 Å². The first-order valence-electron chi connectivity index (χ1n) is 7.35. The zero-order chi connectivity index (χ0) is 12.3. The highest BCUT2D eigenvalue weighted by Gasteiger charge is 2.29. The van der Waals surface area contributed by atoms with E-state index in [-0.39, 0.29) is 6.10 Å². The smallest absolute Gasteiger partial charge is 0.0564 e. The molecule has 0 aromatic rings. The molecular formula is C14H28N2O. The van der Waals surface area contributed by atoms with Crippen molar-refractivity contribution in [2.75, 3.05) is 19.6 Å². The average molecular weight is 240 g/mol. The van der Waals surface area contributed by atoms with E-state index in [1.54, 1.807) is 0 Å². The molecule has 2 fully saturated rings.